The van der Waals surface area contributed by atoms with Crippen LogP contribution in [-0.2, 0) is 0 Å². The summed E-state index contributed by atoms with van der Waals surface area (Å²) in [7, 11) is 0. The van der Waals surface area contributed by atoms with E-state index >= 15 is 0 Å². The van der Waals surface area contributed by atoms with Gasteiger partial charge >= 0.3 is 0 Å². The molecule has 1 heterocycles. The predicted octanol–water partition coefficient (Wildman–Crippen LogP) is 2.97. The molecule has 0 amide bonds. The molecule has 0 aliphatic heterocycles. The molecule has 19 heavy (non-hydrogen) atoms. The zero-order valence-electron chi connectivity index (χ0n) is 10.7. The van der Waals surface area contributed by atoms with Gasteiger partial charge in [-0.15, -0.1) is 0 Å². The molecule has 1 unspecified atom stereocenters. The van der Waals surface area contributed by atoms with Crippen LogP contribution in [0, 0.1) is 6.92 Å². The Bertz CT molecular complexity index is 533. The largest absolute Gasteiger partial charge is 0.396 e. The second-order valence-electron chi connectivity index (χ2n) is 4.29. The Labute approximate surface area is 117 Å². The summed E-state index contributed by atoms with van der Waals surface area (Å²) in [6, 6.07) is 9.95. The quantitative estimate of drug-likeness (QED) is 0.825. The number of aliphatic hydroxyl groups excluding tert-OH is 1. The lowest BCUT2D eigenvalue weighted by Gasteiger charge is -2.20. The third kappa shape index (κ3) is 3.66. The van der Waals surface area contributed by atoms with E-state index in [1.165, 1.54) is 0 Å². The first-order valence-electron chi connectivity index (χ1n) is 6.12. The molecule has 2 rings (SSSR count). The van der Waals surface area contributed by atoms with E-state index in [1.54, 1.807) is 6.20 Å². The average Bonchev–Trinajstić information content (AvgIpc) is 2.43. The smallest absolute Gasteiger partial charge is 0.224 e. The summed E-state index contributed by atoms with van der Waals surface area (Å²) in [5.41, 5.74) is 2.02. The van der Waals surface area contributed by atoms with Crippen LogP contribution in [0.25, 0.3) is 0 Å². The second-order valence-corrected chi connectivity index (χ2v) is 4.63. The van der Waals surface area contributed by atoms with E-state index in [0.717, 1.165) is 11.1 Å². The first-order chi connectivity index (χ1) is 9.20. The Kier molecular flexibility index (Phi) is 4.71. The molecule has 100 valence electrons. The van der Waals surface area contributed by atoms with Crippen molar-refractivity contribution >= 4 is 17.4 Å². The third-order valence-electron chi connectivity index (χ3n) is 2.87. The van der Waals surface area contributed by atoms with E-state index in [-0.39, 0.29) is 17.9 Å². The molecule has 4 nitrogen and oxygen atoms in total. The van der Waals surface area contributed by atoms with Crippen molar-refractivity contribution in [2.45, 2.75) is 19.4 Å². The molecule has 0 bridgehead atoms. The number of halogens is 1. The minimum absolute atomic E-state index is 0.00383. The molecule has 0 aliphatic rings. The van der Waals surface area contributed by atoms with Crippen molar-refractivity contribution in [2.24, 2.45) is 0 Å². The highest BCUT2D eigenvalue weighted by molar-refractivity contribution is 6.28. The van der Waals surface area contributed by atoms with Gasteiger partial charge in [-0.2, -0.15) is 0 Å². The van der Waals surface area contributed by atoms with Crippen LogP contribution in [0.2, 0.25) is 5.28 Å². The summed E-state index contributed by atoms with van der Waals surface area (Å²) in [5, 5.41) is 12.7. The summed E-state index contributed by atoms with van der Waals surface area (Å²) in [6.45, 7) is 2.02. The van der Waals surface area contributed by atoms with Crippen LogP contribution in [-0.4, -0.2) is 21.7 Å². The lowest BCUT2D eigenvalue weighted by Crippen LogP contribution is -2.14. The van der Waals surface area contributed by atoms with E-state index in [2.05, 4.69) is 15.3 Å². The molecule has 0 fully saturated rings. The van der Waals surface area contributed by atoms with Gasteiger partial charge in [0.15, 0.2) is 0 Å². The van der Waals surface area contributed by atoms with Gasteiger partial charge in [0, 0.05) is 18.4 Å². The van der Waals surface area contributed by atoms with Crippen molar-refractivity contribution in [3.63, 3.8) is 0 Å². The maximum absolute atomic E-state index is 9.20. The highest BCUT2D eigenvalue weighted by atomic mass is 35.5. The fourth-order valence-electron chi connectivity index (χ4n) is 1.87. The van der Waals surface area contributed by atoms with Crippen LogP contribution < -0.4 is 5.32 Å². The molecule has 5 heteroatoms. The molecule has 0 radical (unpaired) electrons. The average molecular weight is 278 g/mol. The number of nitrogens with zero attached hydrogens (tertiary/aromatic N) is 2. The van der Waals surface area contributed by atoms with Gasteiger partial charge in [0.05, 0.1) is 6.04 Å². The van der Waals surface area contributed by atoms with E-state index in [0.29, 0.717) is 12.2 Å². The molecule has 2 N–H and O–H groups in total. The fraction of sp³-hybridized carbons (Fsp3) is 0.286. The molecular formula is C14H16ClN3O. The van der Waals surface area contributed by atoms with Crippen molar-refractivity contribution in [1.82, 2.24) is 9.97 Å². The zero-order valence-corrected chi connectivity index (χ0v) is 11.4. The highest BCUT2D eigenvalue weighted by Crippen LogP contribution is 2.23. The summed E-state index contributed by atoms with van der Waals surface area (Å²) < 4.78 is 0. The van der Waals surface area contributed by atoms with Gasteiger partial charge in [-0.05, 0) is 30.5 Å². The maximum atomic E-state index is 9.20. The van der Waals surface area contributed by atoms with Crippen molar-refractivity contribution in [3.8, 4) is 0 Å². The van der Waals surface area contributed by atoms with E-state index in [1.807, 2.05) is 37.3 Å². The van der Waals surface area contributed by atoms with Gasteiger partial charge in [0.1, 0.15) is 5.82 Å². The van der Waals surface area contributed by atoms with Gasteiger partial charge in [0.25, 0.3) is 0 Å². The topological polar surface area (TPSA) is 58.0 Å². The van der Waals surface area contributed by atoms with Gasteiger partial charge in [-0.1, -0.05) is 30.3 Å². The van der Waals surface area contributed by atoms with Crippen molar-refractivity contribution < 1.29 is 5.11 Å². The number of anilines is 1. The number of hydrogen-bond acceptors (Lipinski definition) is 4. The van der Waals surface area contributed by atoms with E-state index < -0.39 is 0 Å². The SMILES string of the molecule is Cc1cnc(Cl)nc1NC(CCO)c1ccccc1. The van der Waals surface area contributed by atoms with Crippen molar-refractivity contribution in [2.75, 3.05) is 11.9 Å². The molecule has 0 saturated heterocycles. The van der Waals surface area contributed by atoms with Gasteiger partial charge in [-0.3, -0.25) is 0 Å². The predicted molar refractivity (Wildman–Crippen MR) is 76.3 cm³/mol. The number of benzene rings is 1. The first kappa shape index (κ1) is 13.8. The molecule has 1 aromatic carbocycles. The van der Waals surface area contributed by atoms with Crippen molar-refractivity contribution in [3.05, 3.63) is 52.9 Å². The fourth-order valence-corrected chi connectivity index (χ4v) is 2.00. The molecule has 0 aliphatic carbocycles. The van der Waals surface area contributed by atoms with Gasteiger partial charge in [-0.25, -0.2) is 9.97 Å². The highest BCUT2D eigenvalue weighted by Gasteiger charge is 2.13. The summed E-state index contributed by atoms with van der Waals surface area (Å²) in [4.78, 5) is 8.11. The Morgan fingerprint density at radius 2 is 2.05 bits per heavy atom. The minimum atomic E-state index is -0.00383. The lowest BCUT2D eigenvalue weighted by molar-refractivity contribution is 0.280. The Hall–Kier alpha value is -1.65. The monoisotopic (exact) mass is 277 g/mol. The van der Waals surface area contributed by atoms with E-state index in [4.69, 9.17) is 11.6 Å². The number of rotatable bonds is 5. The van der Waals surface area contributed by atoms with E-state index in [9.17, 15) is 5.11 Å². The van der Waals surface area contributed by atoms with Gasteiger partial charge in [0.2, 0.25) is 5.28 Å². The van der Waals surface area contributed by atoms with Gasteiger partial charge < -0.3 is 10.4 Å². The summed E-state index contributed by atoms with van der Waals surface area (Å²) in [6.07, 6.45) is 2.28. The van der Waals surface area contributed by atoms with Crippen LogP contribution in [0.4, 0.5) is 5.82 Å². The number of aryl methyl sites for hydroxylation is 1. The standard InChI is InChI=1S/C14H16ClN3O/c1-10-9-16-14(15)18-13(10)17-12(7-8-19)11-5-3-2-4-6-11/h2-6,9,12,19H,7-8H2,1H3,(H,16,17,18). The Morgan fingerprint density at radius 3 is 2.74 bits per heavy atom. The third-order valence-corrected chi connectivity index (χ3v) is 3.06. The number of nitrogens with one attached hydrogen (secondary N) is 1. The number of aromatic nitrogens is 2. The second kappa shape index (κ2) is 6.50. The maximum Gasteiger partial charge on any atom is 0.224 e. The van der Waals surface area contributed by atoms with Crippen LogP contribution >= 0.6 is 11.6 Å². The van der Waals surface area contributed by atoms with Crippen molar-refractivity contribution in [1.29, 1.82) is 0 Å². The van der Waals surface area contributed by atoms with Crippen LogP contribution in [0.1, 0.15) is 23.6 Å². The molecule has 1 atom stereocenters. The molecule has 1 aromatic heterocycles. The summed E-state index contributed by atoms with van der Waals surface area (Å²) >= 11 is 5.81. The summed E-state index contributed by atoms with van der Waals surface area (Å²) in [5.74, 6) is 0.697. The molecule has 0 saturated carbocycles. The van der Waals surface area contributed by atoms with Crippen LogP contribution in [0.5, 0.6) is 0 Å². The zero-order chi connectivity index (χ0) is 13.7. The Morgan fingerprint density at radius 1 is 1.32 bits per heavy atom. The lowest BCUT2D eigenvalue weighted by atomic mass is 10.0. The van der Waals surface area contributed by atoms with Crippen LogP contribution in [0.3, 0.4) is 0 Å². The number of aliphatic hydroxyl groups is 1. The molecule has 2 aromatic rings. The normalized spacial score (nSPS) is 12.2. The first-order valence-corrected chi connectivity index (χ1v) is 6.50. The van der Waals surface area contributed by atoms with Crippen LogP contribution in [0.15, 0.2) is 36.5 Å². The molecular weight excluding hydrogens is 262 g/mol. The molecule has 0 spiro atoms. The number of hydrogen-bond donors (Lipinski definition) is 2. The minimum Gasteiger partial charge on any atom is -0.396 e. The Balaban J connectivity index is 2.24.